The lowest BCUT2D eigenvalue weighted by Crippen LogP contribution is -2.15. The van der Waals surface area contributed by atoms with Crippen molar-refractivity contribution >= 4 is 75.1 Å². The number of benzene rings is 9. The van der Waals surface area contributed by atoms with E-state index in [4.69, 9.17) is 0 Å². The van der Waals surface area contributed by atoms with Crippen LogP contribution in [0.15, 0.2) is 194 Å². The van der Waals surface area contributed by atoms with Crippen LogP contribution in [0.3, 0.4) is 0 Å². The minimum atomic E-state index is -0.0623. The van der Waals surface area contributed by atoms with E-state index in [9.17, 15) is 0 Å². The van der Waals surface area contributed by atoms with Crippen LogP contribution in [0.25, 0.3) is 109 Å². The average Bonchev–Trinajstić information content (AvgIpc) is 4.01. The topological polar surface area (TPSA) is 9.86 Å². The fraction of sp³-hybridized carbons (Fsp3) is 0.0526. The summed E-state index contributed by atoms with van der Waals surface area (Å²) in [6.07, 6.45) is 0. The average molecular weight is 783 g/mol. The Morgan fingerprint density at radius 1 is 0.333 bits per heavy atom. The molecule has 12 aromatic rings. The van der Waals surface area contributed by atoms with Crippen LogP contribution in [0.5, 0.6) is 0 Å². The molecule has 0 bridgehead atoms. The van der Waals surface area contributed by atoms with E-state index in [1.807, 2.05) is 11.3 Å². The molecule has 3 heterocycles. The molecule has 1 aliphatic rings. The van der Waals surface area contributed by atoms with Crippen LogP contribution in [-0.4, -0.2) is 9.13 Å². The number of rotatable bonds is 4. The van der Waals surface area contributed by atoms with E-state index in [1.54, 1.807) is 0 Å². The summed E-state index contributed by atoms with van der Waals surface area (Å²) in [4.78, 5) is 0. The van der Waals surface area contributed by atoms with E-state index in [0.717, 1.165) is 5.69 Å². The second-order valence-electron chi connectivity index (χ2n) is 16.9. The van der Waals surface area contributed by atoms with E-state index < -0.39 is 0 Å². The molecule has 0 radical (unpaired) electrons. The number of nitrogens with zero attached hydrogens (tertiary/aromatic N) is 2. The van der Waals surface area contributed by atoms with Crippen LogP contribution < -0.4 is 0 Å². The zero-order valence-electron chi connectivity index (χ0n) is 33.3. The van der Waals surface area contributed by atoms with E-state index in [1.165, 1.54) is 114 Å². The minimum absolute atomic E-state index is 0.0623. The van der Waals surface area contributed by atoms with Gasteiger partial charge in [0.15, 0.2) is 0 Å². The predicted octanol–water partition coefficient (Wildman–Crippen LogP) is 15.9. The van der Waals surface area contributed by atoms with Gasteiger partial charge in [0, 0.05) is 58.5 Å². The molecule has 0 aliphatic heterocycles. The van der Waals surface area contributed by atoms with Crippen LogP contribution in [-0.2, 0) is 5.41 Å². The van der Waals surface area contributed by atoms with Crippen LogP contribution in [0, 0.1) is 0 Å². The minimum Gasteiger partial charge on any atom is -0.309 e. The Kier molecular flexibility index (Phi) is 6.98. The lowest BCUT2D eigenvalue weighted by Gasteiger charge is -2.22. The summed E-state index contributed by atoms with van der Waals surface area (Å²) in [5, 5.41) is 7.69. The predicted molar refractivity (Wildman–Crippen MR) is 256 cm³/mol. The standard InChI is InChI=1S/C57H38N2S/c1-57(2)49-18-7-3-14-41(49)42-26-25-40(34-50(42)57)59-52-20-9-5-16-44(52)47-32-37(23-28-54(47)59)36-22-27-53-46(31-36)43-15-4-8-19-51(43)58(53)39-13-11-12-35(30-39)38-24-29-56-48(33-38)45-17-6-10-21-55(45)60-56/h3-34H,1-2H3. The van der Waals surface area contributed by atoms with Crippen molar-refractivity contribution in [1.82, 2.24) is 9.13 Å². The van der Waals surface area contributed by atoms with Crippen molar-refractivity contribution in [2.24, 2.45) is 0 Å². The van der Waals surface area contributed by atoms with Crippen molar-refractivity contribution in [2.75, 3.05) is 0 Å². The van der Waals surface area contributed by atoms with Crippen LogP contribution >= 0.6 is 11.3 Å². The molecule has 0 spiro atoms. The monoisotopic (exact) mass is 782 g/mol. The molecule has 3 heteroatoms. The summed E-state index contributed by atoms with van der Waals surface area (Å²) in [5.74, 6) is 0. The zero-order valence-corrected chi connectivity index (χ0v) is 34.1. The van der Waals surface area contributed by atoms with E-state index in [0.29, 0.717) is 0 Å². The Balaban J connectivity index is 0.928. The number of hydrogen-bond acceptors (Lipinski definition) is 1. The van der Waals surface area contributed by atoms with Gasteiger partial charge in [-0.25, -0.2) is 0 Å². The fourth-order valence-electron chi connectivity index (χ4n) is 10.4. The highest BCUT2D eigenvalue weighted by Crippen LogP contribution is 2.50. The highest BCUT2D eigenvalue weighted by atomic mass is 32.1. The molecule has 0 amide bonds. The van der Waals surface area contributed by atoms with E-state index in [-0.39, 0.29) is 5.41 Å². The first-order valence-corrected chi connectivity index (χ1v) is 21.6. The number of thiophene rings is 1. The van der Waals surface area contributed by atoms with E-state index in [2.05, 4.69) is 217 Å². The molecule has 1 aliphatic carbocycles. The van der Waals surface area contributed by atoms with Gasteiger partial charge in [-0.05, 0) is 123 Å². The molecule has 0 N–H and O–H groups in total. The van der Waals surface area contributed by atoms with Gasteiger partial charge in [0.2, 0.25) is 0 Å². The molecular formula is C57H38N2S. The molecule has 60 heavy (non-hydrogen) atoms. The van der Waals surface area contributed by atoms with Crippen LogP contribution in [0.2, 0.25) is 0 Å². The summed E-state index contributed by atoms with van der Waals surface area (Å²) in [6, 6.07) is 72.4. The van der Waals surface area contributed by atoms with Crippen molar-refractivity contribution in [3.05, 3.63) is 205 Å². The molecule has 13 rings (SSSR count). The summed E-state index contributed by atoms with van der Waals surface area (Å²) < 4.78 is 7.55. The smallest absolute Gasteiger partial charge is 0.0541 e. The quantitative estimate of drug-likeness (QED) is 0.168. The highest BCUT2D eigenvalue weighted by molar-refractivity contribution is 7.25. The Bertz CT molecular complexity index is 3760. The maximum Gasteiger partial charge on any atom is 0.0541 e. The second kappa shape index (κ2) is 12.4. The molecule has 0 saturated heterocycles. The number of hydrogen-bond donors (Lipinski definition) is 0. The Morgan fingerprint density at radius 3 is 1.57 bits per heavy atom. The van der Waals surface area contributed by atoms with Crippen molar-refractivity contribution in [2.45, 2.75) is 19.3 Å². The number of fused-ring (bicyclic) bond motifs is 12. The van der Waals surface area contributed by atoms with Gasteiger partial charge in [-0.2, -0.15) is 0 Å². The van der Waals surface area contributed by atoms with Crippen molar-refractivity contribution in [3.8, 4) is 44.8 Å². The zero-order chi connectivity index (χ0) is 39.7. The SMILES string of the molecule is CC1(C)c2ccccc2-c2ccc(-n3c4ccccc4c4cc(-c5ccc6c(c5)c5ccccc5n6-c5cccc(-c6ccc7sc8ccccc8c7c6)c5)ccc43)cc21. The van der Waals surface area contributed by atoms with Gasteiger partial charge in [0.1, 0.15) is 0 Å². The van der Waals surface area contributed by atoms with Crippen molar-refractivity contribution in [3.63, 3.8) is 0 Å². The van der Waals surface area contributed by atoms with Gasteiger partial charge in [-0.1, -0.05) is 129 Å². The Hall–Kier alpha value is -7.20. The third-order valence-corrected chi connectivity index (χ3v) is 14.5. The first-order chi connectivity index (χ1) is 29.5. The van der Waals surface area contributed by atoms with Gasteiger partial charge in [-0.15, -0.1) is 11.3 Å². The lowest BCUT2D eigenvalue weighted by molar-refractivity contribution is 0.660. The summed E-state index contributed by atoms with van der Waals surface area (Å²) in [7, 11) is 0. The molecule has 9 aromatic carbocycles. The van der Waals surface area contributed by atoms with Crippen molar-refractivity contribution < 1.29 is 0 Å². The first kappa shape index (κ1) is 33.7. The molecule has 3 aromatic heterocycles. The van der Waals surface area contributed by atoms with Crippen LogP contribution in [0.4, 0.5) is 0 Å². The second-order valence-corrected chi connectivity index (χ2v) is 18.0. The lowest BCUT2D eigenvalue weighted by atomic mass is 9.82. The summed E-state index contributed by atoms with van der Waals surface area (Å²) >= 11 is 1.87. The third-order valence-electron chi connectivity index (χ3n) is 13.3. The third kappa shape index (κ3) is 4.75. The molecule has 2 nitrogen and oxygen atoms in total. The van der Waals surface area contributed by atoms with Gasteiger partial charge in [0.25, 0.3) is 0 Å². The van der Waals surface area contributed by atoms with Gasteiger partial charge < -0.3 is 9.13 Å². The highest BCUT2D eigenvalue weighted by Gasteiger charge is 2.35. The Labute approximate surface area is 351 Å². The summed E-state index contributed by atoms with van der Waals surface area (Å²) in [5.41, 5.74) is 17.5. The van der Waals surface area contributed by atoms with Gasteiger partial charge >= 0.3 is 0 Å². The van der Waals surface area contributed by atoms with Gasteiger partial charge in [-0.3, -0.25) is 0 Å². The molecule has 282 valence electrons. The van der Waals surface area contributed by atoms with Gasteiger partial charge in [0.05, 0.1) is 22.1 Å². The maximum atomic E-state index is 2.46. The summed E-state index contributed by atoms with van der Waals surface area (Å²) in [6.45, 7) is 4.72. The molecule has 0 fully saturated rings. The number of aromatic nitrogens is 2. The first-order valence-electron chi connectivity index (χ1n) is 20.8. The molecule has 0 atom stereocenters. The Morgan fingerprint density at radius 2 is 0.850 bits per heavy atom. The van der Waals surface area contributed by atoms with Crippen LogP contribution in [0.1, 0.15) is 25.0 Å². The fourth-order valence-corrected chi connectivity index (χ4v) is 11.5. The maximum absolute atomic E-state index is 2.46. The van der Waals surface area contributed by atoms with E-state index >= 15 is 0 Å². The molecule has 0 saturated carbocycles. The van der Waals surface area contributed by atoms with Crippen molar-refractivity contribution in [1.29, 1.82) is 0 Å². The molecular weight excluding hydrogens is 745 g/mol. The number of para-hydroxylation sites is 2. The molecule has 0 unspecified atom stereocenters. The largest absolute Gasteiger partial charge is 0.309 e. The normalized spacial score (nSPS) is 13.3.